The zero-order valence-electron chi connectivity index (χ0n) is 13.8. The maximum absolute atomic E-state index is 11.6. The molecule has 2 rings (SSSR count). The Hall–Kier alpha value is -1.76. The third kappa shape index (κ3) is 6.48. The van der Waals surface area contributed by atoms with Gasteiger partial charge in [-0.05, 0) is 55.0 Å². The molecule has 7 heteroatoms. The van der Waals surface area contributed by atoms with Gasteiger partial charge in [0.05, 0.1) is 19.2 Å². The molecule has 0 radical (unpaired) electrons. The molecule has 1 unspecified atom stereocenters. The summed E-state index contributed by atoms with van der Waals surface area (Å²) in [6, 6.07) is 2.16. The summed E-state index contributed by atoms with van der Waals surface area (Å²) in [7, 11) is 0. The molecule has 23 heavy (non-hydrogen) atoms. The van der Waals surface area contributed by atoms with Crippen LogP contribution in [0.2, 0.25) is 0 Å². The summed E-state index contributed by atoms with van der Waals surface area (Å²) in [5.74, 6) is 1.31. The Kier molecular flexibility index (Phi) is 7.19. The number of aliphatic imine (C=N–C) groups is 1. The number of ether oxygens (including phenoxy) is 1. The molecule has 1 amide bonds. The molecule has 3 N–H and O–H groups in total. The molecule has 1 aliphatic rings. The number of rotatable bonds is 8. The lowest BCUT2D eigenvalue weighted by atomic mass is 10.2. The van der Waals surface area contributed by atoms with Gasteiger partial charge in [-0.1, -0.05) is 0 Å². The van der Waals surface area contributed by atoms with Gasteiger partial charge in [-0.2, -0.15) is 11.3 Å². The number of carbonyl (C=O) groups excluding carboxylic acids is 1. The third-order valence-corrected chi connectivity index (χ3v) is 4.34. The first kappa shape index (κ1) is 17.6. The highest BCUT2D eigenvalue weighted by molar-refractivity contribution is 7.07. The van der Waals surface area contributed by atoms with E-state index in [2.05, 4.69) is 37.8 Å². The average molecular weight is 338 g/mol. The molecule has 1 aromatic rings. The second-order valence-electron chi connectivity index (χ2n) is 5.52. The number of thiophene rings is 1. The molecule has 1 atom stereocenters. The van der Waals surface area contributed by atoms with Gasteiger partial charge in [-0.3, -0.25) is 0 Å². The standard InChI is InChI=1S/C16H26N4O2S/c1-3-17-15(18-9-12-7-8-23-11-12)19-10-14(13-5-6-13)20-16(21)22-4-2/h7-8,11,13-14H,3-6,9-10H2,1-2H3,(H,20,21)(H2,17,18,19). The summed E-state index contributed by atoms with van der Waals surface area (Å²) in [5.41, 5.74) is 1.20. The lowest BCUT2D eigenvalue weighted by Crippen LogP contribution is -2.48. The SMILES string of the molecule is CCNC(=NCc1ccsc1)NCC(NC(=O)OCC)C1CC1. The monoisotopic (exact) mass is 338 g/mol. The molecule has 1 saturated carbocycles. The van der Waals surface area contributed by atoms with E-state index in [1.165, 1.54) is 5.56 Å². The minimum Gasteiger partial charge on any atom is -0.450 e. The largest absolute Gasteiger partial charge is 0.450 e. The highest BCUT2D eigenvalue weighted by atomic mass is 32.1. The van der Waals surface area contributed by atoms with Crippen LogP contribution in [0.25, 0.3) is 0 Å². The first-order valence-corrected chi connectivity index (χ1v) is 9.13. The predicted molar refractivity (Wildman–Crippen MR) is 93.8 cm³/mol. The molecule has 0 aromatic carbocycles. The molecule has 1 aliphatic carbocycles. The number of hydrogen-bond acceptors (Lipinski definition) is 4. The van der Waals surface area contributed by atoms with Crippen LogP contribution >= 0.6 is 11.3 Å². The van der Waals surface area contributed by atoms with Gasteiger partial charge in [0.15, 0.2) is 5.96 Å². The zero-order chi connectivity index (χ0) is 16.5. The van der Waals surface area contributed by atoms with Crippen molar-refractivity contribution in [1.29, 1.82) is 0 Å². The molecular formula is C16H26N4O2S. The quantitative estimate of drug-likeness (QED) is 0.502. The van der Waals surface area contributed by atoms with Crippen molar-refractivity contribution in [3.05, 3.63) is 22.4 Å². The fourth-order valence-corrected chi connectivity index (χ4v) is 2.92. The van der Waals surface area contributed by atoms with E-state index in [-0.39, 0.29) is 12.1 Å². The van der Waals surface area contributed by atoms with Gasteiger partial charge in [-0.25, -0.2) is 9.79 Å². The van der Waals surface area contributed by atoms with E-state index in [0.29, 0.717) is 25.6 Å². The summed E-state index contributed by atoms with van der Waals surface area (Å²) in [6.45, 7) is 6.34. The van der Waals surface area contributed by atoms with Gasteiger partial charge in [-0.15, -0.1) is 0 Å². The minimum absolute atomic E-state index is 0.0825. The average Bonchev–Trinajstić information content (AvgIpc) is 3.25. The van der Waals surface area contributed by atoms with Crippen molar-refractivity contribution >= 4 is 23.4 Å². The Bertz CT molecular complexity index is 500. The van der Waals surface area contributed by atoms with E-state index in [9.17, 15) is 4.79 Å². The first-order valence-electron chi connectivity index (χ1n) is 8.19. The van der Waals surface area contributed by atoms with Crippen LogP contribution in [0.1, 0.15) is 32.3 Å². The van der Waals surface area contributed by atoms with Crippen LogP contribution in [0, 0.1) is 5.92 Å². The normalized spacial score (nSPS) is 15.8. The van der Waals surface area contributed by atoms with Crippen LogP contribution in [0.5, 0.6) is 0 Å². The Balaban J connectivity index is 1.85. The smallest absolute Gasteiger partial charge is 0.407 e. The zero-order valence-corrected chi connectivity index (χ0v) is 14.6. The number of nitrogens with zero attached hydrogens (tertiary/aromatic N) is 1. The van der Waals surface area contributed by atoms with Crippen LogP contribution in [0.15, 0.2) is 21.8 Å². The summed E-state index contributed by atoms with van der Waals surface area (Å²) >= 11 is 1.68. The number of amides is 1. The van der Waals surface area contributed by atoms with Crippen molar-refractivity contribution in [2.45, 2.75) is 39.3 Å². The topological polar surface area (TPSA) is 74.8 Å². The van der Waals surface area contributed by atoms with Gasteiger partial charge in [0, 0.05) is 13.1 Å². The Labute approximate surface area is 141 Å². The lowest BCUT2D eigenvalue weighted by Gasteiger charge is -2.20. The van der Waals surface area contributed by atoms with E-state index in [0.717, 1.165) is 25.3 Å². The molecule has 1 aromatic heterocycles. The predicted octanol–water partition coefficient (Wildman–Crippen LogP) is 2.33. The molecule has 128 valence electrons. The van der Waals surface area contributed by atoms with Gasteiger partial charge in [0.25, 0.3) is 0 Å². The summed E-state index contributed by atoms with van der Waals surface area (Å²) < 4.78 is 4.98. The second kappa shape index (κ2) is 9.39. The fourth-order valence-electron chi connectivity index (χ4n) is 2.26. The number of carbonyl (C=O) groups is 1. The van der Waals surface area contributed by atoms with Gasteiger partial charge in [0.1, 0.15) is 0 Å². The molecular weight excluding hydrogens is 312 g/mol. The van der Waals surface area contributed by atoms with Gasteiger partial charge in [0.2, 0.25) is 0 Å². The van der Waals surface area contributed by atoms with E-state index < -0.39 is 0 Å². The summed E-state index contributed by atoms with van der Waals surface area (Å²) in [6.07, 6.45) is 1.97. The lowest BCUT2D eigenvalue weighted by molar-refractivity contribution is 0.146. The Morgan fingerprint density at radius 2 is 2.26 bits per heavy atom. The number of alkyl carbamates (subject to hydrolysis) is 1. The van der Waals surface area contributed by atoms with Crippen molar-refractivity contribution in [3.63, 3.8) is 0 Å². The first-order chi connectivity index (χ1) is 11.2. The molecule has 0 spiro atoms. The number of nitrogens with one attached hydrogen (secondary N) is 3. The summed E-state index contributed by atoms with van der Waals surface area (Å²) in [5, 5.41) is 13.7. The van der Waals surface area contributed by atoms with Crippen LogP contribution in [-0.4, -0.2) is 37.8 Å². The van der Waals surface area contributed by atoms with Crippen LogP contribution in [-0.2, 0) is 11.3 Å². The van der Waals surface area contributed by atoms with Crippen molar-refractivity contribution in [1.82, 2.24) is 16.0 Å². The van der Waals surface area contributed by atoms with E-state index >= 15 is 0 Å². The van der Waals surface area contributed by atoms with E-state index in [4.69, 9.17) is 4.74 Å². The maximum Gasteiger partial charge on any atom is 0.407 e. The fraction of sp³-hybridized carbons (Fsp3) is 0.625. The van der Waals surface area contributed by atoms with Gasteiger partial charge >= 0.3 is 6.09 Å². The molecule has 1 fully saturated rings. The van der Waals surface area contributed by atoms with Crippen LogP contribution < -0.4 is 16.0 Å². The minimum atomic E-state index is -0.341. The Morgan fingerprint density at radius 3 is 2.87 bits per heavy atom. The van der Waals surface area contributed by atoms with Crippen molar-refractivity contribution < 1.29 is 9.53 Å². The van der Waals surface area contributed by atoms with Crippen molar-refractivity contribution in [3.8, 4) is 0 Å². The molecule has 1 heterocycles. The molecule has 0 aliphatic heterocycles. The summed E-state index contributed by atoms with van der Waals surface area (Å²) in [4.78, 5) is 16.2. The Morgan fingerprint density at radius 1 is 1.43 bits per heavy atom. The van der Waals surface area contributed by atoms with Crippen LogP contribution in [0.3, 0.4) is 0 Å². The molecule has 0 bridgehead atoms. The molecule has 0 saturated heterocycles. The second-order valence-corrected chi connectivity index (χ2v) is 6.30. The third-order valence-electron chi connectivity index (χ3n) is 3.60. The number of hydrogen-bond donors (Lipinski definition) is 3. The van der Waals surface area contributed by atoms with Crippen LogP contribution in [0.4, 0.5) is 4.79 Å². The highest BCUT2D eigenvalue weighted by Crippen LogP contribution is 2.32. The maximum atomic E-state index is 11.6. The number of guanidine groups is 1. The van der Waals surface area contributed by atoms with E-state index in [1.807, 2.05) is 13.8 Å². The van der Waals surface area contributed by atoms with Gasteiger partial charge < -0.3 is 20.7 Å². The molecule has 6 nitrogen and oxygen atoms in total. The van der Waals surface area contributed by atoms with E-state index in [1.54, 1.807) is 11.3 Å². The highest BCUT2D eigenvalue weighted by Gasteiger charge is 2.32. The van der Waals surface area contributed by atoms with Crippen molar-refractivity contribution in [2.75, 3.05) is 19.7 Å². The van der Waals surface area contributed by atoms with Crippen molar-refractivity contribution in [2.24, 2.45) is 10.9 Å².